The van der Waals surface area contributed by atoms with Crippen LogP contribution in [0.1, 0.15) is 11.3 Å². The van der Waals surface area contributed by atoms with E-state index in [1.54, 1.807) is 6.33 Å². The van der Waals surface area contributed by atoms with Crippen LogP contribution in [0.5, 0.6) is 0 Å². The van der Waals surface area contributed by atoms with Crippen molar-refractivity contribution in [2.45, 2.75) is 6.92 Å². The zero-order valence-electron chi connectivity index (χ0n) is 16.8. The predicted octanol–water partition coefficient (Wildman–Crippen LogP) is 1.76. The molecule has 0 atom stereocenters. The van der Waals surface area contributed by atoms with E-state index in [-0.39, 0.29) is 0 Å². The number of fused-ring (bicyclic) bond motifs is 1. The van der Waals surface area contributed by atoms with Crippen LogP contribution in [0, 0.1) is 6.92 Å². The van der Waals surface area contributed by atoms with Gasteiger partial charge in [0.15, 0.2) is 5.65 Å². The number of aryl methyl sites for hydroxylation is 1. The number of hydrogen-bond donors (Lipinski definition) is 2. The summed E-state index contributed by atoms with van der Waals surface area (Å²) < 4.78 is 7.41. The number of nitrogens with zero attached hydrogens (tertiary/aromatic N) is 6. The van der Waals surface area contributed by atoms with Gasteiger partial charge in [-0.05, 0) is 24.6 Å². The first-order valence-electron chi connectivity index (χ1n) is 9.62. The third kappa shape index (κ3) is 3.87. The van der Waals surface area contributed by atoms with Crippen LogP contribution in [0.3, 0.4) is 0 Å². The molecular weight excluding hydrogens is 380 g/mol. The minimum Gasteiger partial charge on any atom is -0.403 e. The molecule has 2 aromatic heterocycles. The second-order valence-electron chi connectivity index (χ2n) is 6.98. The molecule has 0 amide bonds. The first-order valence-corrected chi connectivity index (χ1v) is 9.62. The Balaban J connectivity index is 1.92. The molecule has 0 bridgehead atoms. The minimum atomic E-state index is 0.318. The van der Waals surface area contributed by atoms with Gasteiger partial charge < -0.3 is 21.1 Å². The molecule has 0 radical (unpaired) electrons. The van der Waals surface area contributed by atoms with Crippen LogP contribution in [-0.2, 0) is 4.74 Å². The summed E-state index contributed by atoms with van der Waals surface area (Å²) in [6, 6.07) is 8.14. The highest BCUT2D eigenvalue weighted by Crippen LogP contribution is 2.27. The molecule has 3 aromatic rings. The number of morpholine rings is 1. The Hall–Kier alpha value is -3.72. The van der Waals surface area contributed by atoms with Gasteiger partial charge in [-0.2, -0.15) is 4.98 Å². The van der Waals surface area contributed by atoms with Crippen molar-refractivity contribution in [3.63, 3.8) is 0 Å². The summed E-state index contributed by atoms with van der Waals surface area (Å²) in [6.07, 6.45) is 4.56. The maximum absolute atomic E-state index is 5.87. The van der Waals surface area contributed by atoms with Gasteiger partial charge in [-0.15, -0.1) is 0 Å². The Morgan fingerprint density at radius 3 is 2.77 bits per heavy atom. The van der Waals surface area contributed by atoms with Gasteiger partial charge in [0.25, 0.3) is 0 Å². The molecule has 0 unspecified atom stereocenters. The van der Waals surface area contributed by atoms with Crippen molar-refractivity contribution in [1.82, 2.24) is 19.5 Å². The maximum atomic E-state index is 5.87. The topological polar surface area (TPSA) is 120 Å². The highest BCUT2D eigenvalue weighted by molar-refractivity contribution is 5.90. The van der Waals surface area contributed by atoms with E-state index in [1.807, 2.05) is 29.7 Å². The molecule has 1 aliphatic heterocycles. The SMILES string of the molecule is C=C(N)C=N/C(=C\N)c1nc(N2CCOCC2)nc2c1ncn2-c1cccc(C)c1. The van der Waals surface area contributed by atoms with E-state index in [1.165, 1.54) is 12.4 Å². The van der Waals surface area contributed by atoms with E-state index >= 15 is 0 Å². The molecule has 1 saturated heterocycles. The molecule has 1 aromatic carbocycles. The second-order valence-corrected chi connectivity index (χ2v) is 6.98. The van der Waals surface area contributed by atoms with Crippen molar-refractivity contribution in [2.24, 2.45) is 16.5 Å². The Morgan fingerprint density at radius 1 is 1.27 bits per heavy atom. The van der Waals surface area contributed by atoms with E-state index < -0.39 is 0 Å². The molecule has 9 nitrogen and oxygen atoms in total. The van der Waals surface area contributed by atoms with Crippen LogP contribution >= 0.6 is 0 Å². The van der Waals surface area contributed by atoms with Crippen molar-refractivity contribution < 1.29 is 4.74 Å². The quantitative estimate of drug-likeness (QED) is 0.622. The molecule has 0 spiro atoms. The fourth-order valence-electron chi connectivity index (χ4n) is 3.27. The van der Waals surface area contributed by atoms with Crippen molar-refractivity contribution in [1.29, 1.82) is 0 Å². The van der Waals surface area contributed by atoms with Gasteiger partial charge in [0.2, 0.25) is 5.95 Å². The van der Waals surface area contributed by atoms with Crippen LogP contribution in [-0.4, -0.2) is 52.0 Å². The lowest BCUT2D eigenvalue weighted by molar-refractivity contribution is 0.122. The molecule has 1 aliphatic rings. The summed E-state index contributed by atoms with van der Waals surface area (Å²) in [5.41, 5.74) is 16.2. The molecule has 9 heteroatoms. The van der Waals surface area contributed by atoms with Gasteiger partial charge in [-0.25, -0.2) is 9.97 Å². The number of imidazole rings is 1. The van der Waals surface area contributed by atoms with Crippen molar-refractivity contribution in [2.75, 3.05) is 31.2 Å². The van der Waals surface area contributed by atoms with Crippen LogP contribution in [0.25, 0.3) is 22.5 Å². The highest BCUT2D eigenvalue weighted by atomic mass is 16.5. The van der Waals surface area contributed by atoms with Crippen LogP contribution in [0.15, 0.2) is 54.1 Å². The van der Waals surface area contributed by atoms with E-state index in [9.17, 15) is 0 Å². The molecule has 4 rings (SSSR count). The third-order valence-corrected chi connectivity index (χ3v) is 4.73. The Labute approximate surface area is 174 Å². The average molecular weight is 404 g/mol. The monoisotopic (exact) mass is 404 g/mol. The molecular formula is C21H24N8O. The number of aliphatic imine (C=N–C) groups is 1. The first-order chi connectivity index (χ1) is 14.6. The summed E-state index contributed by atoms with van der Waals surface area (Å²) >= 11 is 0. The smallest absolute Gasteiger partial charge is 0.228 e. The highest BCUT2D eigenvalue weighted by Gasteiger charge is 2.21. The van der Waals surface area contributed by atoms with Gasteiger partial charge in [0.1, 0.15) is 23.2 Å². The van der Waals surface area contributed by atoms with Gasteiger partial charge >= 0.3 is 0 Å². The number of ether oxygens (including phenoxy) is 1. The van der Waals surface area contributed by atoms with Gasteiger partial charge in [-0.1, -0.05) is 18.7 Å². The first kappa shape index (κ1) is 19.6. The summed E-state index contributed by atoms with van der Waals surface area (Å²) in [5.74, 6) is 0.580. The molecule has 0 aliphatic carbocycles. The van der Waals surface area contributed by atoms with Gasteiger partial charge in [0, 0.05) is 36.9 Å². The number of nitrogens with two attached hydrogens (primary N) is 2. The Morgan fingerprint density at radius 2 is 2.07 bits per heavy atom. The number of rotatable bonds is 5. The van der Waals surface area contributed by atoms with Crippen LogP contribution in [0.2, 0.25) is 0 Å². The van der Waals surface area contributed by atoms with E-state index in [2.05, 4.69) is 27.5 Å². The fraction of sp³-hybridized carbons (Fsp3) is 0.238. The minimum absolute atomic E-state index is 0.318. The number of hydrogen-bond acceptors (Lipinski definition) is 8. The molecule has 4 N–H and O–H groups in total. The zero-order valence-corrected chi connectivity index (χ0v) is 16.8. The summed E-state index contributed by atoms with van der Waals surface area (Å²) in [4.78, 5) is 20.6. The van der Waals surface area contributed by atoms with E-state index in [0.29, 0.717) is 60.5 Å². The average Bonchev–Trinajstić information content (AvgIpc) is 3.18. The van der Waals surface area contributed by atoms with Crippen molar-refractivity contribution >= 4 is 29.0 Å². The van der Waals surface area contributed by atoms with Crippen LogP contribution < -0.4 is 16.4 Å². The molecule has 1 fully saturated rings. The summed E-state index contributed by atoms with van der Waals surface area (Å²) in [6.45, 7) is 8.35. The lowest BCUT2D eigenvalue weighted by Gasteiger charge is -2.27. The van der Waals surface area contributed by atoms with Crippen LogP contribution in [0.4, 0.5) is 5.95 Å². The number of benzene rings is 1. The lowest BCUT2D eigenvalue weighted by Crippen LogP contribution is -2.37. The molecule has 154 valence electrons. The number of anilines is 1. The molecule has 0 saturated carbocycles. The molecule has 3 heterocycles. The molecule has 30 heavy (non-hydrogen) atoms. The number of aromatic nitrogens is 4. The largest absolute Gasteiger partial charge is 0.403 e. The van der Waals surface area contributed by atoms with Crippen molar-refractivity contribution in [3.8, 4) is 5.69 Å². The third-order valence-electron chi connectivity index (χ3n) is 4.73. The Kier molecular flexibility index (Phi) is 5.44. The normalized spacial score (nSPS) is 15.2. The Bertz CT molecular complexity index is 1140. The lowest BCUT2D eigenvalue weighted by atomic mass is 10.2. The predicted molar refractivity (Wildman–Crippen MR) is 118 cm³/mol. The standard InChI is InChI=1S/C21H24N8O/c1-14-4-3-5-16(10-14)29-13-25-19-18(17(11-22)24-12-15(2)23)26-21(27-20(19)29)28-6-8-30-9-7-28/h3-5,10-13H,2,6-9,22-23H2,1H3/b17-11-,24-12?. The fourth-order valence-corrected chi connectivity index (χ4v) is 3.27. The van der Waals surface area contributed by atoms with Crippen molar-refractivity contribution in [3.05, 3.63) is 60.3 Å². The van der Waals surface area contributed by atoms with Gasteiger partial charge in [-0.3, -0.25) is 9.56 Å². The summed E-state index contributed by atoms with van der Waals surface area (Å²) in [7, 11) is 0. The second kappa shape index (κ2) is 8.34. The van der Waals surface area contributed by atoms with Gasteiger partial charge in [0.05, 0.1) is 13.2 Å². The summed E-state index contributed by atoms with van der Waals surface area (Å²) in [5, 5.41) is 0. The zero-order chi connectivity index (χ0) is 21.1. The number of allylic oxidation sites excluding steroid dienone is 1. The maximum Gasteiger partial charge on any atom is 0.228 e. The van der Waals surface area contributed by atoms with E-state index in [4.69, 9.17) is 26.2 Å². The van der Waals surface area contributed by atoms with E-state index in [0.717, 1.165) is 11.3 Å².